The highest BCUT2D eigenvalue weighted by atomic mass is 16.3. The molecule has 0 spiro atoms. The second-order valence-corrected chi connectivity index (χ2v) is 11.7. The number of likely N-dealkylation sites (tertiary alicyclic amines) is 1. The van der Waals surface area contributed by atoms with Crippen molar-refractivity contribution in [3.63, 3.8) is 0 Å². The number of aromatic nitrogens is 2. The molecule has 8 heteroatoms. The molecule has 1 aliphatic carbocycles. The van der Waals surface area contributed by atoms with E-state index in [9.17, 15) is 10.2 Å². The molecule has 1 atom stereocenters. The number of aliphatic hydroxyl groups is 2. The van der Waals surface area contributed by atoms with Crippen molar-refractivity contribution < 1.29 is 10.2 Å². The standard InChI is InChI=1S/C30H44N6O2/c1-2-3-14-31-30-32-20-27-25-11-8-23(35-17-12-21(13-18-35)34-15-4-5-16-34)19-26(25)29(38)36(28(27)33-30)22-6-9-24(37)10-7-22/h8,11,19-22,24,29,37-38H,2-7,9-10,12-18H2,1H3,(H,31,32,33). The van der Waals surface area contributed by atoms with E-state index in [1.165, 1.54) is 44.5 Å². The fraction of sp³-hybridized carbons (Fsp3) is 0.667. The number of aliphatic hydroxyl groups excluding tert-OH is 2. The lowest BCUT2D eigenvalue weighted by Gasteiger charge is -2.44. The van der Waals surface area contributed by atoms with Gasteiger partial charge in [-0.2, -0.15) is 4.98 Å². The third-order valence-electron chi connectivity index (χ3n) is 9.24. The van der Waals surface area contributed by atoms with E-state index in [1.807, 2.05) is 6.20 Å². The second-order valence-electron chi connectivity index (χ2n) is 11.7. The van der Waals surface area contributed by atoms with Crippen LogP contribution in [0.2, 0.25) is 0 Å². The molecular formula is C30H44N6O2. The number of hydrogen-bond donors (Lipinski definition) is 3. The number of anilines is 3. The molecule has 0 amide bonds. The number of nitrogens with one attached hydrogen (secondary N) is 1. The highest BCUT2D eigenvalue weighted by Gasteiger charge is 2.38. The van der Waals surface area contributed by atoms with Gasteiger partial charge in [-0.3, -0.25) is 0 Å². The Hall–Kier alpha value is -2.42. The van der Waals surface area contributed by atoms with Crippen molar-refractivity contribution in [3.05, 3.63) is 30.0 Å². The van der Waals surface area contributed by atoms with Crippen LogP contribution in [0.3, 0.4) is 0 Å². The first kappa shape index (κ1) is 25.8. The summed E-state index contributed by atoms with van der Waals surface area (Å²) in [5, 5.41) is 25.4. The van der Waals surface area contributed by atoms with Crippen LogP contribution >= 0.6 is 0 Å². The molecule has 1 aromatic heterocycles. The monoisotopic (exact) mass is 520 g/mol. The number of benzene rings is 1. The van der Waals surface area contributed by atoms with Crippen LogP contribution < -0.4 is 15.1 Å². The quantitative estimate of drug-likeness (QED) is 0.459. The molecule has 8 nitrogen and oxygen atoms in total. The predicted octanol–water partition coefficient (Wildman–Crippen LogP) is 4.53. The van der Waals surface area contributed by atoms with E-state index in [-0.39, 0.29) is 12.1 Å². The third-order valence-corrected chi connectivity index (χ3v) is 9.24. The van der Waals surface area contributed by atoms with Gasteiger partial charge in [-0.25, -0.2) is 4.98 Å². The van der Waals surface area contributed by atoms with Gasteiger partial charge in [0.05, 0.1) is 6.10 Å². The summed E-state index contributed by atoms with van der Waals surface area (Å²) in [5.41, 5.74) is 4.15. The van der Waals surface area contributed by atoms with Crippen LogP contribution in [0.5, 0.6) is 0 Å². The summed E-state index contributed by atoms with van der Waals surface area (Å²) in [7, 11) is 0. The molecule has 4 heterocycles. The smallest absolute Gasteiger partial charge is 0.224 e. The zero-order chi connectivity index (χ0) is 26.1. The van der Waals surface area contributed by atoms with Crippen molar-refractivity contribution in [1.82, 2.24) is 14.9 Å². The normalized spacial score (nSPS) is 26.3. The topological polar surface area (TPSA) is 88.0 Å². The number of nitrogens with zero attached hydrogens (tertiary/aromatic N) is 5. The minimum atomic E-state index is -0.766. The molecule has 2 aromatic rings. The summed E-state index contributed by atoms with van der Waals surface area (Å²) in [6.07, 6.45) is 11.4. The zero-order valence-electron chi connectivity index (χ0n) is 22.9. The van der Waals surface area contributed by atoms with Gasteiger partial charge in [-0.1, -0.05) is 19.4 Å². The van der Waals surface area contributed by atoms with Crippen molar-refractivity contribution in [2.75, 3.05) is 47.8 Å². The second kappa shape index (κ2) is 11.4. The average Bonchev–Trinajstić information content (AvgIpc) is 3.49. The van der Waals surface area contributed by atoms with E-state index >= 15 is 0 Å². The maximum Gasteiger partial charge on any atom is 0.224 e. The maximum absolute atomic E-state index is 11.9. The van der Waals surface area contributed by atoms with Crippen LogP contribution in [0, 0.1) is 0 Å². The van der Waals surface area contributed by atoms with E-state index in [1.54, 1.807) is 0 Å². The molecule has 3 N–H and O–H groups in total. The average molecular weight is 521 g/mol. The summed E-state index contributed by atoms with van der Waals surface area (Å²) in [4.78, 5) is 16.9. The lowest BCUT2D eigenvalue weighted by atomic mass is 9.88. The van der Waals surface area contributed by atoms with Gasteiger partial charge in [-0.05, 0) is 88.6 Å². The van der Waals surface area contributed by atoms with Crippen molar-refractivity contribution in [2.24, 2.45) is 0 Å². The van der Waals surface area contributed by atoms with Gasteiger partial charge < -0.3 is 30.2 Å². The minimum absolute atomic E-state index is 0.138. The van der Waals surface area contributed by atoms with Crippen LogP contribution in [-0.4, -0.2) is 76.0 Å². The molecule has 1 aromatic carbocycles. The number of unbranched alkanes of at least 4 members (excludes halogenated alkanes) is 1. The van der Waals surface area contributed by atoms with Crippen molar-refractivity contribution >= 4 is 17.5 Å². The largest absolute Gasteiger partial charge is 0.393 e. The maximum atomic E-state index is 11.9. The predicted molar refractivity (Wildman–Crippen MR) is 153 cm³/mol. The summed E-state index contributed by atoms with van der Waals surface area (Å²) < 4.78 is 0. The molecule has 0 radical (unpaired) electrons. The molecule has 1 saturated carbocycles. The molecule has 2 saturated heterocycles. The Labute approximate surface area is 227 Å². The molecule has 4 aliphatic rings. The molecule has 206 valence electrons. The minimum Gasteiger partial charge on any atom is -0.393 e. The van der Waals surface area contributed by atoms with Crippen LogP contribution in [-0.2, 0) is 0 Å². The van der Waals surface area contributed by atoms with E-state index in [0.29, 0.717) is 5.95 Å². The van der Waals surface area contributed by atoms with Gasteiger partial charge in [0, 0.05) is 54.7 Å². The molecule has 3 fully saturated rings. The number of piperidine rings is 1. The lowest BCUT2D eigenvalue weighted by molar-refractivity contribution is 0.101. The number of hydrogen-bond acceptors (Lipinski definition) is 8. The first-order valence-corrected chi connectivity index (χ1v) is 15.0. The third kappa shape index (κ3) is 5.10. The van der Waals surface area contributed by atoms with E-state index in [0.717, 1.165) is 86.7 Å². The van der Waals surface area contributed by atoms with E-state index < -0.39 is 6.23 Å². The van der Waals surface area contributed by atoms with Gasteiger partial charge in [-0.15, -0.1) is 0 Å². The summed E-state index contributed by atoms with van der Waals surface area (Å²) >= 11 is 0. The van der Waals surface area contributed by atoms with Crippen molar-refractivity contribution in [3.8, 4) is 11.1 Å². The van der Waals surface area contributed by atoms with Crippen molar-refractivity contribution in [2.45, 2.75) is 95.5 Å². The Kier molecular flexibility index (Phi) is 7.73. The van der Waals surface area contributed by atoms with Crippen LogP contribution in [0.4, 0.5) is 17.5 Å². The Morgan fingerprint density at radius 3 is 2.42 bits per heavy atom. The van der Waals surface area contributed by atoms with Gasteiger partial charge in [0.2, 0.25) is 5.95 Å². The van der Waals surface area contributed by atoms with Gasteiger partial charge in [0.15, 0.2) is 6.23 Å². The Balaban J connectivity index is 1.28. The van der Waals surface area contributed by atoms with E-state index in [2.05, 4.69) is 50.1 Å². The Bertz CT molecular complexity index is 1090. The fourth-order valence-corrected chi connectivity index (χ4v) is 7.00. The van der Waals surface area contributed by atoms with Gasteiger partial charge >= 0.3 is 0 Å². The number of rotatable bonds is 7. The molecule has 3 aliphatic heterocycles. The molecule has 0 bridgehead atoms. The highest BCUT2D eigenvalue weighted by Crippen LogP contribution is 2.46. The van der Waals surface area contributed by atoms with Gasteiger partial charge in [0.25, 0.3) is 0 Å². The first-order chi connectivity index (χ1) is 18.6. The molecule has 6 rings (SSSR count). The lowest BCUT2D eigenvalue weighted by Crippen LogP contribution is -2.45. The summed E-state index contributed by atoms with van der Waals surface area (Å²) in [6, 6.07) is 7.44. The summed E-state index contributed by atoms with van der Waals surface area (Å²) in [6.45, 7) is 7.66. The van der Waals surface area contributed by atoms with Gasteiger partial charge in [0.1, 0.15) is 5.82 Å². The van der Waals surface area contributed by atoms with Crippen LogP contribution in [0.15, 0.2) is 24.4 Å². The SMILES string of the molecule is CCCCNc1ncc2c(n1)N(C1CCC(O)CC1)C(O)c1cc(N3CCC(N4CCCC4)CC3)ccc1-2. The highest BCUT2D eigenvalue weighted by molar-refractivity contribution is 5.83. The van der Waals surface area contributed by atoms with E-state index in [4.69, 9.17) is 4.98 Å². The Morgan fingerprint density at radius 2 is 1.68 bits per heavy atom. The van der Waals surface area contributed by atoms with Crippen molar-refractivity contribution in [1.29, 1.82) is 0 Å². The molecular weight excluding hydrogens is 476 g/mol. The Morgan fingerprint density at radius 1 is 0.921 bits per heavy atom. The van der Waals surface area contributed by atoms with Crippen LogP contribution in [0.1, 0.15) is 82.9 Å². The van der Waals surface area contributed by atoms with Crippen LogP contribution in [0.25, 0.3) is 11.1 Å². The first-order valence-electron chi connectivity index (χ1n) is 15.0. The summed E-state index contributed by atoms with van der Waals surface area (Å²) in [5.74, 6) is 1.42. The zero-order valence-corrected chi connectivity index (χ0v) is 22.9. The number of fused-ring (bicyclic) bond motifs is 3. The molecule has 38 heavy (non-hydrogen) atoms. The molecule has 1 unspecified atom stereocenters. The fourth-order valence-electron chi connectivity index (χ4n) is 7.00.